The first-order chi connectivity index (χ1) is 13.4. The number of benzene rings is 1. The molecule has 3 rings (SSSR count). The van der Waals surface area contributed by atoms with Gasteiger partial charge in [0.25, 0.3) is 0 Å². The van der Waals surface area contributed by atoms with Gasteiger partial charge in [-0.2, -0.15) is 0 Å². The third kappa shape index (κ3) is 4.87. The van der Waals surface area contributed by atoms with Crippen LogP contribution >= 0.6 is 0 Å². The van der Waals surface area contributed by atoms with E-state index >= 15 is 0 Å². The molecule has 10 heteroatoms. The topological polar surface area (TPSA) is 99.6 Å². The Morgan fingerprint density at radius 3 is 2.29 bits per heavy atom. The summed E-state index contributed by atoms with van der Waals surface area (Å²) in [6.07, 6.45) is 4.46. The van der Waals surface area contributed by atoms with E-state index in [1.54, 1.807) is 6.07 Å². The number of methoxy groups -OCH3 is 2. The summed E-state index contributed by atoms with van der Waals surface area (Å²) in [6.45, 7) is 0. The van der Waals surface area contributed by atoms with Gasteiger partial charge in [-0.3, -0.25) is 0 Å². The van der Waals surface area contributed by atoms with Crippen molar-refractivity contribution in [3.8, 4) is 17.5 Å². The van der Waals surface area contributed by atoms with E-state index in [2.05, 4.69) is 14.7 Å². The van der Waals surface area contributed by atoms with Crippen LogP contribution < -0.4 is 18.9 Å². The van der Waals surface area contributed by atoms with E-state index in [0.717, 1.165) is 12.4 Å². The largest absolute Gasteiger partial charge is 0.493 e. The number of hydrogen-bond donors (Lipinski definition) is 1. The number of nitrogens with zero attached hydrogens (tertiary/aromatic N) is 2. The van der Waals surface area contributed by atoms with Crippen molar-refractivity contribution in [3.63, 3.8) is 0 Å². The SMILES string of the molecule is COc1ccc(S(=O)(=O)NC2CCC(Oc3ncc(F)cn3)CC2)cc1OC. The first-order valence-electron chi connectivity index (χ1n) is 8.80. The second-order valence-corrected chi connectivity index (χ2v) is 8.13. The molecule has 0 saturated heterocycles. The fourth-order valence-corrected chi connectivity index (χ4v) is 4.40. The molecule has 152 valence electrons. The molecule has 28 heavy (non-hydrogen) atoms. The number of halogens is 1. The van der Waals surface area contributed by atoms with Crippen LogP contribution in [0.5, 0.6) is 17.5 Å². The maximum absolute atomic E-state index is 12.8. The molecule has 2 aromatic rings. The van der Waals surface area contributed by atoms with E-state index in [0.29, 0.717) is 37.2 Å². The molecular formula is C18H22FN3O5S. The summed E-state index contributed by atoms with van der Waals surface area (Å²) in [5.74, 6) is 0.282. The molecule has 0 bridgehead atoms. The monoisotopic (exact) mass is 411 g/mol. The third-order valence-corrected chi connectivity index (χ3v) is 6.05. The molecule has 0 radical (unpaired) electrons. The average Bonchev–Trinajstić information content (AvgIpc) is 2.70. The lowest BCUT2D eigenvalue weighted by atomic mass is 9.94. The van der Waals surface area contributed by atoms with Gasteiger partial charge >= 0.3 is 6.01 Å². The van der Waals surface area contributed by atoms with E-state index in [4.69, 9.17) is 14.2 Å². The Balaban J connectivity index is 1.58. The zero-order valence-corrected chi connectivity index (χ0v) is 16.4. The zero-order valence-electron chi connectivity index (χ0n) is 15.6. The van der Waals surface area contributed by atoms with Crippen molar-refractivity contribution in [1.29, 1.82) is 0 Å². The Hall–Kier alpha value is -2.46. The molecule has 0 atom stereocenters. The van der Waals surface area contributed by atoms with Gasteiger partial charge in [-0.25, -0.2) is 27.5 Å². The Kier molecular flexibility index (Phi) is 6.30. The molecule has 0 spiro atoms. The van der Waals surface area contributed by atoms with Gasteiger partial charge in [-0.05, 0) is 37.8 Å². The van der Waals surface area contributed by atoms with Crippen molar-refractivity contribution in [1.82, 2.24) is 14.7 Å². The Morgan fingerprint density at radius 1 is 1.04 bits per heavy atom. The Labute approximate surface area is 163 Å². The summed E-state index contributed by atoms with van der Waals surface area (Å²) >= 11 is 0. The number of hydrogen-bond acceptors (Lipinski definition) is 7. The summed E-state index contributed by atoms with van der Waals surface area (Å²) in [5, 5.41) is 0. The van der Waals surface area contributed by atoms with E-state index in [9.17, 15) is 12.8 Å². The summed E-state index contributed by atoms with van der Waals surface area (Å²) in [6, 6.07) is 4.38. The number of nitrogens with one attached hydrogen (secondary N) is 1. The van der Waals surface area contributed by atoms with Gasteiger partial charge in [0, 0.05) is 12.1 Å². The van der Waals surface area contributed by atoms with Gasteiger partial charge in [-0.15, -0.1) is 0 Å². The van der Waals surface area contributed by atoms with Crippen LogP contribution in [0, 0.1) is 5.82 Å². The van der Waals surface area contributed by atoms with Crippen LogP contribution in [0.3, 0.4) is 0 Å². The van der Waals surface area contributed by atoms with Crippen molar-refractivity contribution in [3.05, 3.63) is 36.4 Å². The lowest BCUT2D eigenvalue weighted by Gasteiger charge is -2.28. The number of rotatable bonds is 7. The summed E-state index contributed by atoms with van der Waals surface area (Å²) < 4.78 is 56.9. The van der Waals surface area contributed by atoms with Gasteiger partial charge < -0.3 is 14.2 Å². The van der Waals surface area contributed by atoms with Gasteiger partial charge in [0.2, 0.25) is 10.0 Å². The van der Waals surface area contributed by atoms with Crippen LogP contribution in [0.4, 0.5) is 4.39 Å². The first-order valence-corrected chi connectivity index (χ1v) is 10.3. The molecule has 1 N–H and O–H groups in total. The first kappa shape index (κ1) is 20.3. The van der Waals surface area contributed by atoms with Crippen LogP contribution in [0.25, 0.3) is 0 Å². The molecule has 0 unspecified atom stereocenters. The van der Waals surface area contributed by atoms with Gasteiger partial charge in [0.15, 0.2) is 17.3 Å². The molecule has 1 aliphatic rings. The molecule has 1 saturated carbocycles. The van der Waals surface area contributed by atoms with E-state index in [1.807, 2.05) is 0 Å². The second kappa shape index (κ2) is 8.70. The summed E-state index contributed by atoms with van der Waals surface area (Å²) in [5.41, 5.74) is 0. The molecule has 1 aliphatic carbocycles. The maximum atomic E-state index is 12.8. The number of sulfonamides is 1. The van der Waals surface area contributed by atoms with Crippen LogP contribution in [-0.2, 0) is 10.0 Å². The van der Waals surface area contributed by atoms with Crippen LogP contribution in [0.2, 0.25) is 0 Å². The maximum Gasteiger partial charge on any atom is 0.316 e. The summed E-state index contributed by atoms with van der Waals surface area (Å²) in [7, 11) is -0.751. The highest BCUT2D eigenvalue weighted by atomic mass is 32.2. The smallest absolute Gasteiger partial charge is 0.316 e. The lowest BCUT2D eigenvalue weighted by molar-refractivity contribution is 0.132. The number of ether oxygens (including phenoxy) is 3. The van der Waals surface area contributed by atoms with E-state index in [-0.39, 0.29) is 23.1 Å². The highest BCUT2D eigenvalue weighted by Gasteiger charge is 2.27. The molecular weight excluding hydrogens is 389 g/mol. The Morgan fingerprint density at radius 2 is 1.68 bits per heavy atom. The normalized spacial score (nSPS) is 19.8. The highest BCUT2D eigenvalue weighted by molar-refractivity contribution is 7.89. The van der Waals surface area contributed by atoms with Gasteiger partial charge in [0.05, 0.1) is 31.5 Å². The van der Waals surface area contributed by atoms with E-state index < -0.39 is 15.8 Å². The van der Waals surface area contributed by atoms with Crippen molar-refractivity contribution < 1.29 is 27.0 Å². The molecule has 0 aliphatic heterocycles. The average molecular weight is 411 g/mol. The highest BCUT2D eigenvalue weighted by Crippen LogP contribution is 2.30. The second-order valence-electron chi connectivity index (χ2n) is 6.41. The molecule has 8 nitrogen and oxygen atoms in total. The molecule has 1 fully saturated rings. The molecule has 0 amide bonds. The minimum absolute atomic E-state index is 0.114. The van der Waals surface area contributed by atoms with Crippen LogP contribution in [-0.4, -0.2) is 44.8 Å². The summed E-state index contributed by atoms with van der Waals surface area (Å²) in [4.78, 5) is 7.67. The van der Waals surface area contributed by atoms with E-state index in [1.165, 1.54) is 26.4 Å². The third-order valence-electron chi connectivity index (χ3n) is 4.53. The van der Waals surface area contributed by atoms with Crippen molar-refractivity contribution in [2.24, 2.45) is 0 Å². The fourth-order valence-electron chi connectivity index (χ4n) is 3.08. The van der Waals surface area contributed by atoms with Crippen LogP contribution in [0.1, 0.15) is 25.7 Å². The van der Waals surface area contributed by atoms with Crippen molar-refractivity contribution >= 4 is 10.0 Å². The zero-order chi connectivity index (χ0) is 20.1. The predicted octanol–water partition coefficient (Wildman–Crippen LogP) is 2.30. The van der Waals surface area contributed by atoms with Crippen molar-refractivity contribution in [2.45, 2.75) is 42.7 Å². The van der Waals surface area contributed by atoms with Gasteiger partial charge in [-0.1, -0.05) is 0 Å². The molecule has 1 aromatic carbocycles. The minimum atomic E-state index is -3.69. The fraction of sp³-hybridized carbons (Fsp3) is 0.444. The minimum Gasteiger partial charge on any atom is -0.493 e. The Bertz CT molecular complexity index is 900. The van der Waals surface area contributed by atoms with Gasteiger partial charge in [0.1, 0.15) is 6.10 Å². The predicted molar refractivity (Wildman–Crippen MR) is 98.5 cm³/mol. The number of aromatic nitrogens is 2. The standard InChI is InChI=1S/C18H22FN3O5S/c1-25-16-8-7-15(9-17(16)26-2)28(23,24)22-13-3-5-14(6-4-13)27-18-20-10-12(19)11-21-18/h7-11,13-14,22H,3-6H2,1-2H3. The lowest BCUT2D eigenvalue weighted by Crippen LogP contribution is -2.39. The molecule has 1 heterocycles. The van der Waals surface area contributed by atoms with Crippen LogP contribution in [0.15, 0.2) is 35.5 Å². The quantitative estimate of drug-likeness (QED) is 0.746. The molecule has 1 aromatic heterocycles. The van der Waals surface area contributed by atoms with Crippen molar-refractivity contribution in [2.75, 3.05) is 14.2 Å².